The Morgan fingerprint density at radius 1 is 0.974 bits per heavy atom. The second-order valence-electron chi connectivity index (χ2n) is 8.96. The van der Waals surface area contributed by atoms with Gasteiger partial charge >= 0.3 is 0 Å². The molecule has 3 rings (SSSR count). The molecule has 0 aliphatic carbocycles. The van der Waals surface area contributed by atoms with Crippen molar-refractivity contribution < 1.29 is 27.4 Å². The number of methoxy groups -OCH3 is 2. The van der Waals surface area contributed by atoms with E-state index >= 15 is 0 Å². The predicted molar refractivity (Wildman–Crippen MR) is 154 cm³/mol. The maximum atomic E-state index is 13.3. The van der Waals surface area contributed by atoms with Crippen LogP contribution >= 0.6 is 11.3 Å². The molecule has 0 unspecified atom stereocenters. The van der Waals surface area contributed by atoms with Crippen molar-refractivity contribution >= 4 is 37.5 Å². The van der Waals surface area contributed by atoms with Gasteiger partial charge in [0.25, 0.3) is 5.91 Å². The Labute approximate surface area is 235 Å². The van der Waals surface area contributed by atoms with Gasteiger partial charge in [-0.3, -0.25) is 4.79 Å². The van der Waals surface area contributed by atoms with E-state index in [1.807, 2.05) is 37.5 Å². The second kappa shape index (κ2) is 14.6. The topological polar surface area (TPSA) is 99.4 Å². The average Bonchev–Trinajstić information content (AvgIpc) is 3.27. The van der Waals surface area contributed by atoms with Crippen LogP contribution in [0.2, 0.25) is 0 Å². The van der Waals surface area contributed by atoms with Crippen molar-refractivity contribution in [3.63, 3.8) is 0 Å². The molecule has 214 valence electrons. The molecular formula is C28H39N3O6S2. The molecule has 0 saturated heterocycles. The number of thiazole rings is 1. The van der Waals surface area contributed by atoms with Crippen molar-refractivity contribution in [3.8, 4) is 11.5 Å². The summed E-state index contributed by atoms with van der Waals surface area (Å²) in [5, 5.41) is 0. The molecule has 1 amide bonds. The van der Waals surface area contributed by atoms with Gasteiger partial charge in [0.2, 0.25) is 10.0 Å². The van der Waals surface area contributed by atoms with Crippen molar-refractivity contribution in [2.75, 3.05) is 40.5 Å². The molecule has 2 aromatic carbocycles. The molecule has 11 heteroatoms. The third-order valence-corrected chi connectivity index (χ3v) is 9.26. The maximum absolute atomic E-state index is 13.3. The highest BCUT2D eigenvalue weighted by atomic mass is 32.2. The van der Waals surface area contributed by atoms with Gasteiger partial charge < -0.3 is 18.8 Å². The summed E-state index contributed by atoms with van der Waals surface area (Å²) in [4.78, 5) is 18.3. The van der Waals surface area contributed by atoms with Crippen molar-refractivity contribution in [1.29, 1.82) is 0 Å². The lowest BCUT2D eigenvalue weighted by molar-refractivity contribution is 0.0996. The summed E-state index contributed by atoms with van der Waals surface area (Å²) >= 11 is 1.36. The van der Waals surface area contributed by atoms with Gasteiger partial charge in [-0.05, 0) is 44.0 Å². The summed E-state index contributed by atoms with van der Waals surface area (Å²) in [5.41, 5.74) is 1.16. The van der Waals surface area contributed by atoms with E-state index in [9.17, 15) is 13.2 Å². The molecule has 0 aliphatic rings. The zero-order valence-corrected chi connectivity index (χ0v) is 25.1. The van der Waals surface area contributed by atoms with Gasteiger partial charge in [-0.2, -0.15) is 9.30 Å². The number of unbranched alkanes of at least 4 members (excludes halogenated alkanes) is 2. The molecule has 0 aliphatic heterocycles. The van der Waals surface area contributed by atoms with Crippen molar-refractivity contribution in [1.82, 2.24) is 8.87 Å². The minimum atomic E-state index is -3.65. The third kappa shape index (κ3) is 7.47. The first-order valence-corrected chi connectivity index (χ1v) is 15.6. The maximum Gasteiger partial charge on any atom is 0.279 e. The van der Waals surface area contributed by atoms with Crippen LogP contribution in [0.3, 0.4) is 0 Å². The van der Waals surface area contributed by atoms with E-state index in [0.29, 0.717) is 54.7 Å². The highest BCUT2D eigenvalue weighted by Crippen LogP contribution is 2.33. The van der Waals surface area contributed by atoms with Crippen LogP contribution in [0.4, 0.5) is 0 Å². The Bertz CT molecular complexity index is 1400. The Hall–Kier alpha value is -2.73. The van der Waals surface area contributed by atoms with Crippen molar-refractivity contribution in [2.24, 2.45) is 4.99 Å². The van der Waals surface area contributed by atoms with E-state index in [1.54, 1.807) is 18.5 Å². The first kappa shape index (κ1) is 30.8. The summed E-state index contributed by atoms with van der Waals surface area (Å²) in [6.45, 7) is 8.51. The Kier molecular flexibility index (Phi) is 11.5. The fourth-order valence-electron chi connectivity index (χ4n) is 4.09. The van der Waals surface area contributed by atoms with E-state index in [-0.39, 0.29) is 4.90 Å². The molecule has 0 spiro atoms. The largest absolute Gasteiger partial charge is 0.493 e. The number of nitrogens with zero attached hydrogens (tertiary/aromatic N) is 3. The Morgan fingerprint density at radius 3 is 2.15 bits per heavy atom. The van der Waals surface area contributed by atoms with Gasteiger partial charge in [0.1, 0.15) is 0 Å². The summed E-state index contributed by atoms with van der Waals surface area (Å²) < 4.78 is 47.4. The number of carbonyl (C=O) groups is 1. The standard InChI is InChI=1S/C28H39N3O6S2/c1-6-9-15-30(16-10-7-2)39(33,34)22-13-11-21(12-14-22)27(32)29-28-31(17-18-37-8-3)23-19-24(35-4)25(36-5)20-26(23)38-28/h11-14,19-20H,6-10,15-18H2,1-5H3. The lowest BCUT2D eigenvalue weighted by Gasteiger charge is -2.22. The van der Waals surface area contributed by atoms with Crippen molar-refractivity contribution in [3.05, 3.63) is 46.8 Å². The molecule has 1 heterocycles. The van der Waals surface area contributed by atoms with E-state index in [2.05, 4.69) is 4.99 Å². The Balaban J connectivity index is 1.96. The molecular weight excluding hydrogens is 538 g/mol. The van der Waals surface area contributed by atoms with Crippen LogP contribution in [0.15, 0.2) is 46.3 Å². The van der Waals surface area contributed by atoms with Crippen LogP contribution in [-0.4, -0.2) is 63.7 Å². The fourth-order valence-corrected chi connectivity index (χ4v) is 6.67. The Morgan fingerprint density at radius 2 is 1.59 bits per heavy atom. The normalized spacial score (nSPS) is 12.4. The lowest BCUT2D eigenvalue weighted by Crippen LogP contribution is -2.33. The number of rotatable bonds is 15. The highest BCUT2D eigenvalue weighted by molar-refractivity contribution is 7.89. The molecule has 0 bridgehead atoms. The number of sulfonamides is 1. The van der Waals surface area contributed by atoms with E-state index < -0.39 is 15.9 Å². The van der Waals surface area contributed by atoms with E-state index in [1.165, 1.54) is 35.6 Å². The minimum Gasteiger partial charge on any atom is -0.493 e. The average molecular weight is 578 g/mol. The molecule has 0 atom stereocenters. The molecule has 39 heavy (non-hydrogen) atoms. The van der Waals surface area contributed by atoms with Crippen LogP contribution in [0.1, 0.15) is 56.8 Å². The van der Waals surface area contributed by atoms with Gasteiger partial charge in [-0.1, -0.05) is 38.0 Å². The van der Waals surface area contributed by atoms with Gasteiger partial charge in [0, 0.05) is 43.9 Å². The molecule has 0 saturated carbocycles. The zero-order chi connectivity index (χ0) is 28.4. The fraction of sp³-hybridized carbons (Fsp3) is 0.500. The highest BCUT2D eigenvalue weighted by Gasteiger charge is 2.24. The van der Waals surface area contributed by atoms with Gasteiger partial charge in [-0.15, -0.1) is 0 Å². The van der Waals surface area contributed by atoms with E-state index in [4.69, 9.17) is 14.2 Å². The van der Waals surface area contributed by atoms with Crippen LogP contribution in [0.25, 0.3) is 10.2 Å². The zero-order valence-electron chi connectivity index (χ0n) is 23.4. The molecule has 0 radical (unpaired) electrons. The van der Waals surface area contributed by atoms with Crippen LogP contribution in [0, 0.1) is 0 Å². The summed E-state index contributed by atoms with van der Waals surface area (Å²) in [5.74, 6) is 0.711. The number of hydrogen-bond acceptors (Lipinski definition) is 7. The van der Waals surface area contributed by atoms with Crippen LogP contribution < -0.4 is 14.3 Å². The summed E-state index contributed by atoms with van der Waals surface area (Å²) in [6, 6.07) is 9.77. The minimum absolute atomic E-state index is 0.180. The predicted octanol–water partition coefficient (Wildman–Crippen LogP) is 5.09. The third-order valence-electron chi connectivity index (χ3n) is 6.31. The quantitative estimate of drug-likeness (QED) is 0.233. The van der Waals surface area contributed by atoms with E-state index in [0.717, 1.165) is 35.9 Å². The molecule has 0 fully saturated rings. The number of benzene rings is 2. The first-order valence-electron chi connectivity index (χ1n) is 13.3. The van der Waals surface area contributed by atoms with Crippen LogP contribution in [0.5, 0.6) is 11.5 Å². The monoisotopic (exact) mass is 577 g/mol. The molecule has 1 aromatic heterocycles. The number of fused-ring (bicyclic) bond motifs is 1. The number of amides is 1. The van der Waals surface area contributed by atoms with Crippen LogP contribution in [-0.2, 0) is 21.3 Å². The SMILES string of the molecule is CCCCN(CCCC)S(=O)(=O)c1ccc(C(=O)N=c2sc3cc(OC)c(OC)cc3n2CCOCC)cc1. The summed E-state index contributed by atoms with van der Waals surface area (Å²) in [6.07, 6.45) is 3.42. The number of ether oxygens (including phenoxy) is 3. The molecule has 0 N–H and O–H groups in total. The summed E-state index contributed by atoms with van der Waals surface area (Å²) in [7, 11) is -0.494. The number of hydrogen-bond donors (Lipinski definition) is 0. The van der Waals surface area contributed by atoms with Gasteiger partial charge in [0.15, 0.2) is 16.3 Å². The second-order valence-corrected chi connectivity index (χ2v) is 11.9. The van der Waals surface area contributed by atoms with Gasteiger partial charge in [0.05, 0.1) is 35.9 Å². The number of aromatic nitrogens is 1. The first-order chi connectivity index (χ1) is 18.8. The lowest BCUT2D eigenvalue weighted by atomic mass is 10.2. The smallest absolute Gasteiger partial charge is 0.279 e. The van der Waals surface area contributed by atoms with Gasteiger partial charge in [-0.25, -0.2) is 8.42 Å². The number of carbonyl (C=O) groups excluding carboxylic acids is 1. The van der Waals surface area contributed by atoms with Crippen molar-refractivity contribution in [2.45, 2.75) is 57.9 Å². The molecule has 9 nitrogen and oxygen atoms in total. The molecule has 3 aromatic rings.